The Morgan fingerprint density at radius 3 is 2.67 bits per heavy atom. The molecule has 4 nitrogen and oxygen atoms in total. The number of hydrogen-bond acceptors (Lipinski definition) is 3. The summed E-state index contributed by atoms with van der Waals surface area (Å²) in [5.41, 5.74) is 6.67. The van der Waals surface area contributed by atoms with E-state index in [9.17, 15) is 9.90 Å². The molecule has 0 aliphatic rings. The summed E-state index contributed by atoms with van der Waals surface area (Å²) in [6, 6.07) is 4.88. The average molecular weight is 266 g/mol. The van der Waals surface area contributed by atoms with Gasteiger partial charge < -0.3 is 15.7 Å². The molecular formula is C13H18N2O2S. The minimum Gasteiger partial charge on any atom is -0.508 e. The van der Waals surface area contributed by atoms with E-state index < -0.39 is 0 Å². The number of thiocarbonyl (C=S) groups is 1. The van der Waals surface area contributed by atoms with Gasteiger partial charge >= 0.3 is 0 Å². The van der Waals surface area contributed by atoms with Crippen LogP contribution in [0.25, 0.3) is 0 Å². The molecule has 0 atom stereocenters. The first-order valence-corrected chi connectivity index (χ1v) is 6.23. The number of carbonyl (C=O) groups excluding carboxylic acids is 1. The summed E-state index contributed by atoms with van der Waals surface area (Å²) in [6.07, 6.45) is 0.826. The van der Waals surface area contributed by atoms with Crippen molar-refractivity contribution in [2.75, 3.05) is 13.1 Å². The van der Waals surface area contributed by atoms with Crippen molar-refractivity contribution < 1.29 is 9.90 Å². The Labute approximate surface area is 112 Å². The Hall–Kier alpha value is -1.62. The van der Waals surface area contributed by atoms with Crippen LogP contribution in [0.2, 0.25) is 0 Å². The van der Waals surface area contributed by atoms with E-state index in [1.54, 1.807) is 24.0 Å². The third-order valence-corrected chi connectivity index (χ3v) is 2.71. The second-order valence-corrected chi connectivity index (χ2v) is 4.72. The van der Waals surface area contributed by atoms with Gasteiger partial charge in [0, 0.05) is 12.1 Å². The molecule has 0 aromatic heterocycles. The predicted octanol–water partition coefficient (Wildman–Crippen LogP) is 1.84. The Kier molecular flexibility index (Phi) is 5.09. The van der Waals surface area contributed by atoms with E-state index in [0.717, 1.165) is 12.0 Å². The molecule has 5 heteroatoms. The number of aromatic hydroxyl groups is 1. The molecule has 1 aromatic rings. The van der Waals surface area contributed by atoms with Crippen molar-refractivity contribution in [2.24, 2.45) is 5.73 Å². The van der Waals surface area contributed by atoms with Gasteiger partial charge in [-0.15, -0.1) is 0 Å². The summed E-state index contributed by atoms with van der Waals surface area (Å²) in [6.45, 7) is 4.61. The van der Waals surface area contributed by atoms with Gasteiger partial charge in [0.15, 0.2) is 0 Å². The van der Waals surface area contributed by atoms with Crippen LogP contribution in [0.15, 0.2) is 18.2 Å². The van der Waals surface area contributed by atoms with Crippen molar-refractivity contribution in [3.63, 3.8) is 0 Å². The smallest absolute Gasteiger partial charge is 0.254 e. The summed E-state index contributed by atoms with van der Waals surface area (Å²) in [4.78, 5) is 14.1. The first kappa shape index (κ1) is 14.4. The lowest BCUT2D eigenvalue weighted by atomic mass is 10.1. The topological polar surface area (TPSA) is 66.6 Å². The fraction of sp³-hybridized carbons (Fsp3) is 0.385. The van der Waals surface area contributed by atoms with Crippen molar-refractivity contribution >= 4 is 23.1 Å². The van der Waals surface area contributed by atoms with Crippen LogP contribution in [0.4, 0.5) is 0 Å². The maximum absolute atomic E-state index is 12.2. The molecule has 0 unspecified atom stereocenters. The van der Waals surface area contributed by atoms with E-state index in [4.69, 9.17) is 18.0 Å². The summed E-state index contributed by atoms with van der Waals surface area (Å²) in [5.74, 6) is -0.0485. The zero-order chi connectivity index (χ0) is 13.7. The lowest BCUT2D eigenvalue weighted by Gasteiger charge is -2.21. The molecule has 0 aliphatic heterocycles. The monoisotopic (exact) mass is 266 g/mol. The highest BCUT2D eigenvalue weighted by Crippen LogP contribution is 2.18. The molecule has 98 valence electrons. The zero-order valence-electron chi connectivity index (χ0n) is 10.6. The lowest BCUT2D eigenvalue weighted by molar-refractivity contribution is 0.0779. The normalized spacial score (nSPS) is 10.1. The van der Waals surface area contributed by atoms with E-state index in [2.05, 4.69) is 0 Å². The minimum atomic E-state index is -0.167. The Morgan fingerprint density at radius 1 is 1.50 bits per heavy atom. The van der Waals surface area contributed by atoms with Gasteiger partial charge in [0.05, 0.1) is 11.5 Å². The molecule has 0 heterocycles. The van der Waals surface area contributed by atoms with E-state index in [1.165, 1.54) is 6.07 Å². The molecule has 0 saturated carbocycles. The van der Waals surface area contributed by atoms with Gasteiger partial charge in [-0.1, -0.05) is 25.2 Å². The van der Waals surface area contributed by atoms with Gasteiger partial charge in [0.2, 0.25) is 0 Å². The number of carbonyl (C=O) groups is 1. The van der Waals surface area contributed by atoms with Crippen LogP contribution in [0.5, 0.6) is 5.75 Å². The van der Waals surface area contributed by atoms with E-state index >= 15 is 0 Å². The SMILES string of the molecule is CCCN(CC(N)=S)C(=O)c1ccc(C)c(O)c1. The number of aryl methyl sites for hydroxylation is 1. The summed E-state index contributed by atoms with van der Waals surface area (Å²) >= 11 is 4.84. The zero-order valence-corrected chi connectivity index (χ0v) is 11.5. The largest absolute Gasteiger partial charge is 0.508 e. The number of amides is 1. The number of nitrogens with zero attached hydrogens (tertiary/aromatic N) is 1. The van der Waals surface area contributed by atoms with Gasteiger partial charge in [0.1, 0.15) is 5.75 Å². The molecule has 0 aliphatic carbocycles. The van der Waals surface area contributed by atoms with Crippen LogP contribution < -0.4 is 5.73 Å². The van der Waals surface area contributed by atoms with Gasteiger partial charge in [-0.3, -0.25) is 4.79 Å². The Balaban J connectivity index is 2.93. The maximum atomic E-state index is 12.2. The standard InChI is InChI=1S/C13H18N2O2S/c1-3-6-15(8-12(14)18)13(17)10-5-4-9(2)11(16)7-10/h4-5,7,16H,3,6,8H2,1-2H3,(H2,14,18). The maximum Gasteiger partial charge on any atom is 0.254 e. The third kappa shape index (κ3) is 3.70. The van der Waals surface area contributed by atoms with Crippen molar-refractivity contribution in [3.05, 3.63) is 29.3 Å². The van der Waals surface area contributed by atoms with Gasteiger partial charge in [0.25, 0.3) is 5.91 Å². The number of phenols is 1. The highest BCUT2D eigenvalue weighted by molar-refractivity contribution is 7.80. The second-order valence-electron chi connectivity index (χ2n) is 4.19. The van der Waals surface area contributed by atoms with Crippen molar-refractivity contribution in [3.8, 4) is 5.75 Å². The van der Waals surface area contributed by atoms with Crippen molar-refractivity contribution in [1.82, 2.24) is 4.90 Å². The highest BCUT2D eigenvalue weighted by Gasteiger charge is 2.16. The van der Waals surface area contributed by atoms with Crippen LogP contribution in [0.3, 0.4) is 0 Å². The van der Waals surface area contributed by atoms with E-state index in [0.29, 0.717) is 12.1 Å². The second kappa shape index (κ2) is 6.35. The van der Waals surface area contributed by atoms with Crippen LogP contribution >= 0.6 is 12.2 Å². The fourth-order valence-electron chi connectivity index (χ4n) is 1.64. The molecule has 1 amide bonds. The highest BCUT2D eigenvalue weighted by atomic mass is 32.1. The quantitative estimate of drug-likeness (QED) is 0.798. The summed E-state index contributed by atoms with van der Waals surface area (Å²) < 4.78 is 0. The van der Waals surface area contributed by atoms with Gasteiger partial charge in [-0.2, -0.15) is 0 Å². The third-order valence-electron chi connectivity index (χ3n) is 2.58. The number of phenolic OH excluding ortho intramolecular Hbond substituents is 1. The van der Waals surface area contributed by atoms with E-state index in [-0.39, 0.29) is 23.2 Å². The molecule has 0 saturated heterocycles. The average Bonchev–Trinajstić information content (AvgIpc) is 2.31. The molecule has 0 bridgehead atoms. The van der Waals surface area contributed by atoms with Crippen molar-refractivity contribution in [1.29, 1.82) is 0 Å². The molecule has 3 N–H and O–H groups in total. The predicted molar refractivity (Wildman–Crippen MR) is 75.8 cm³/mol. The van der Waals surface area contributed by atoms with E-state index in [1.807, 2.05) is 6.92 Å². The molecule has 0 radical (unpaired) electrons. The summed E-state index contributed by atoms with van der Waals surface area (Å²) in [5, 5.41) is 9.62. The van der Waals surface area contributed by atoms with Crippen LogP contribution in [-0.4, -0.2) is 34.0 Å². The Bertz CT molecular complexity index is 460. The minimum absolute atomic E-state index is 0.118. The number of hydrogen-bond donors (Lipinski definition) is 2. The van der Waals surface area contributed by atoms with Gasteiger partial charge in [-0.25, -0.2) is 0 Å². The number of nitrogens with two attached hydrogens (primary N) is 1. The van der Waals surface area contributed by atoms with Crippen molar-refractivity contribution in [2.45, 2.75) is 20.3 Å². The molecular weight excluding hydrogens is 248 g/mol. The fourth-order valence-corrected chi connectivity index (χ4v) is 1.79. The van der Waals surface area contributed by atoms with Crippen LogP contribution in [0.1, 0.15) is 29.3 Å². The van der Waals surface area contributed by atoms with Gasteiger partial charge in [-0.05, 0) is 31.0 Å². The molecule has 1 aromatic carbocycles. The molecule has 0 spiro atoms. The first-order chi connectivity index (χ1) is 8.45. The number of benzene rings is 1. The summed E-state index contributed by atoms with van der Waals surface area (Å²) in [7, 11) is 0. The molecule has 18 heavy (non-hydrogen) atoms. The number of rotatable bonds is 5. The molecule has 1 rings (SSSR count). The lowest BCUT2D eigenvalue weighted by Crippen LogP contribution is -2.38. The van der Waals surface area contributed by atoms with Crippen LogP contribution in [-0.2, 0) is 0 Å². The first-order valence-electron chi connectivity index (χ1n) is 5.83. The van der Waals surface area contributed by atoms with Crippen LogP contribution in [0, 0.1) is 6.92 Å². The Morgan fingerprint density at radius 2 is 2.17 bits per heavy atom. The molecule has 0 fully saturated rings.